The van der Waals surface area contributed by atoms with Gasteiger partial charge in [0.25, 0.3) is 0 Å². The van der Waals surface area contributed by atoms with Gasteiger partial charge in [-0.1, -0.05) is 30.3 Å². The molecule has 4 nitrogen and oxygen atoms in total. The van der Waals surface area contributed by atoms with Gasteiger partial charge in [-0.05, 0) is 36.2 Å². The number of halogens is 1. The van der Waals surface area contributed by atoms with E-state index in [1.165, 1.54) is 36.4 Å². The van der Waals surface area contributed by atoms with Crippen LogP contribution in [0.15, 0.2) is 59.5 Å². The maximum atomic E-state index is 12.9. The zero-order valence-corrected chi connectivity index (χ0v) is 11.9. The molecule has 0 saturated heterocycles. The minimum absolute atomic E-state index is 0.0379. The number of hydrogen-bond donors (Lipinski definition) is 1. The second kappa shape index (κ2) is 6.05. The highest BCUT2D eigenvalue weighted by atomic mass is 32.2. The van der Waals surface area contributed by atoms with Crippen LogP contribution in [0.5, 0.6) is 0 Å². The molecule has 0 radical (unpaired) electrons. The van der Waals surface area contributed by atoms with Crippen LogP contribution in [0.25, 0.3) is 0 Å². The van der Waals surface area contributed by atoms with Crippen molar-refractivity contribution in [3.05, 3.63) is 66.0 Å². The molecule has 21 heavy (non-hydrogen) atoms. The van der Waals surface area contributed by atoms with Crippen LogP contribution < -0.4 is 5.73 Å². The third-order valence-corrected chi connectivity index (χ3v) is 5.18. The highest BCUT2D eigenvalue weighted by Gasteiger charge is 2.32. The predicted molar refractivity (Wildman–Crippen MR) is 76.7 cm³/mol. The molecule has 1 amide bonds. The van der Waals surface area contributed by atoms with Gasteiger partial charge in [-0.3, -0.25) is 4.79 Å². The van der Waals surface area contributed by atoms with E-state index in [-0.39, 0.29) is 11.3 Å². The monoisotopic (exact) mass is 307 g/mol. The van der Waals surface area contributed by atoms with Gasteiger partial charge in [-0.2, -0.15) is 0 Å². The summed E-state index contributed by atoms with van der Waals surface area (Å²) in [5.74, 6) is -1.36. The average molecular weight is 307 g/mol. The van der Waals surface area contributed by atoms with E-state index >= 15 is 0 Å². The number of benzene rings is 2. The number of carbonyl (C=O) groups excluding carboxylic acids is 1. The Kier molecular flexibility index (Phi) is 4.37. The van der Waals surface area contributed by atoms with Gasteiger partial charge < -0.3 is 5.73 Å². The van der Waals surface area contributed by atoms with Gasteiger partial charge in [0.15, 0.2) is 9.84 Å². The van der Waals surface area contributed by atoms with E-state index in [4.69, 9.17) is 5.73 Å². The molecule has 0 unspecified atom stereocenters. The summed E-state index contributed by atoms with van der Waals surface area (Å²) >= 11 is 0. The van der Waals surface area contributed by atoms with Gasteiger partial charge >= 0.3 is 0 Å². The van der Waals surface area contributed by atoms with Crippen molar-refractivity contribution < 1.29 is 17.6 Å². The molecule has 0 aromatic heterocycles. The van der Waals surface area contributed by atoms with Crippen LogP contribution in [0.3, 0.4) is 0 Å². The molecule has 2 N–H and O–H groups in total. The zero-order valence-electron chi connectivity index (χ0n) is 11.1. The lowest BCUT2D eigenvalue weighted by atomic mass is 10.1. The van der Waals surface area contributed by atoms with Gasteiger partial charge in [-0.15, -0.1) is 0 Å². The van der Waals surface area contributed by atoms with Crippen molar-refractivity contribution in [2.75, 3.05) is 0 Å². The lowest BCUT2D eigenvalue weighted by Gasteiger charge is -2.14. The van der Waals surface area contributed by atoms with Gasteiger partial charge in [0.1, 0.15) is 11.1 Å². The number of amides is 1. The molecule has 0 heterocycles. The molecular weight excluding hydrogens is 293 g/mol. The summed E-state index contributed by atoms with van der Waals surface area (Å²) in [6.07, 6.45) is -0.0904. The molecule has 0 aliphatic rings. The summed E-state index contributed by atoms with van der Waals surface area (Å²) in [4.78, 5) is 11.6. The van der Waals surface area contributed by atoms with Crippen LogP contribution in [-0.2, 0) is 21.1 Å². The smallest absolute Gasteiger partial charge is 0.236 e. The van der Waals surface area contributed by atoms with Crippen molar-refractivity contribution >= 4 is 15.7 Å². The molecular formula is C15H14FNO3S. The van der Waals surface area contributed by atoms with Crippen LogP contribution in [0.2, 0.25) is 0 Å². The SMILES string of the molecule is NC(=O)[C@@H](Cc1ccc(F)cc1)S(=O)(=O)c1ccccc1. The van der Waals surface area contributed by atoms with Gasteiger partial charge in [0, 0.05) is 0 Å². The molecule has 110 valence electrons. The van der Waals surface area contributed by atoms with E-state index in [1.54, 1.807) is 18.2 Å². The summed E-state index contributed by atoms with van der Waals surface area (Å²) in [7, 11) is -3.88. The number of sulfone groups is 1. The molecule has 0 spiro atoms. The summed E-state index contributed by atoms with van der Waals surface area (Å²) < 4.78 is 37.8. The fraction of sp³-hybridized carbons (Fsp3) is 0.133. The van der Waals surface area contributed by atoms with Crippen molar-refractivity contribution in [2.24, 2.45) is 5.73 Å². The minimum atomic E-state index is -3.88. The first-order chi connectivity index (χ1) is 9.91. The number of nitrogens with two attached hydrogens (primary N) is 1. The minimum Gasteiger partial charge on any atom is -0.369 e. The number of rotatable bonds is 5. The van der Waals surface area contributed by atoms with Crippen molar-refractivity contribution in [3.63, 3.8) is 0 Å². The molecule has 2 rings (SSSR count). The lowest BCUT2D eigenvalue weighted by molar-refractivity contribution is -0.117. The molecule has 2 aromatic rings. The maximum Gasteiger partial charge on any atom is 0.236 e. The topological polar surface area (TPSA) is 77.2 Å². The molecule has 2 aromatic carbocycles. The van der Waals surface area contributed by atoms with E-state index < -0.39 is 26.8 Å². The van der Waals surface area contributed by atoms with Crippen LogP contribution in [0.1, 0.15) is 5.56 Å². The first-order valence-electron chi connectivity index (χ1n) is 6.24. The summed E-state index contributed by atoms with van der Waals surface area (Å²) in [5.41, 5.74) is 5.77. The zero-order chi connectivity index (χ0) is 15.5. The van der Waals surface area contributed by atoms with Gasteiger partial charge in [0.2, 0.25) is 5.91 Å². The van der Waals surface area contributed by atoms with Gasteiger partial charge in [-0.25, -0.2) is 12.8 Å². The summed E-state index contributed by atoms with van der Waals surface area (Å²) in [6.45, 7) is 0. The molecule has 0 bridgehead atoms. The molecule has 0 saturated carbocycles. The van der Waals surface area contributed by atoms with Crippen molar-refractivity contribution in [1.29, 1.82) is 0 Å². The first kappa shape index (κ1) is 15.2. The quantitative estimate of drug-likeness (QED) is 0.913. The second-order valence-corrected chi connectivity index (χ2v) is 6.71. The molecule has 0 aliphatic heterocycles. The van der Waals surface area contributed by atoms with E-state index in [0.29, 0.717) is 5.56 Å². The van der Waals surface area contributed by atoms with Crippen molar-refractivity contribution in [1.82, 2.24) is 0 Å². The second-order valence-electron chi connectivity index (χ2n) is 4.58. The van der Waals surface area contributed by atoms with E-state index in [9.17, 15) is 17.6 Å². The number of carbonyl (C=O) groups is 1. The normalized spacial score (nSPS) is 12.8. The van der Waals surface area contributed by atoms with Crippen LogP contribution in [-0.4, -0.2) is 19.6 Å². The fourth-order valence-electron chi connectivity index (χ4n) is 1.97. The van der Waals surface area contributed by atoms with E-state index in [2.05, 4.69) is 0 Å². The van der Waals surface area contributed by atoms with Crippen LogP contribution >= 0.6 is 0 Å². The standard InChI is InChI=1S/C15H14FNO3S/c16-12-8-6-11(7-9-12)10-14(15(17)18)21(19,20)13-4-2-1-3-5-13/h1-9,14H,10H2,(H2,17,18)/t14-/m1/s1. The Morgan fingerprint density at radius 2 is 1.62 bits per heavy atom. The third kappa shape index (κ3) is 3.46. The summed E-state index contributed by atoms with van der Waals surface area (Å²) in [6, 6.07) is 12.9. The van der Waals surface area contributed by atoms with Crippen molar-refractivity contribution in [2.45, 2.75) is 16.6 Å². The molecule has 1 atom stereocenters. The first-order valence-corrected chi connectivity index (χ1v) is 7.78. The average Bonchev–Trinajstić information content (AvgIpc) is 2.47. The Bertz CT molecular complexity index is 727. The van der Waals surface area contributed by atoms with Crippen molar-refractivity contribution in [3.8, 4) is 0 Å². The Hall–Kier alpha value is -2.21. The number of hydrogen-bond acceptors (Lipinski definition) is 3. The van der Waals surface area contributed by atoms with E-state index in [0.717, 1.165) is 0 Å². The highest BCUT2D eigenvalue weighted by molar-refractivity contribution is 7.92. The molecule has 0 aliphatic carbocycles. The fourth-order valence-corrected chi connectivity index (χ4v) is 3.55. The summed E-state index contributed by atoms with van der Waals surface area (Å²) in [5, 5.41) is -1.38. The number of primary amides is 1. The third-order valence-electron chi connectivity index (χ3n) is 3.10. The van der Waals surface area contributed by atoms with Crippen LogP contribution in [0.4, 0.5) is 4.39 Å². The Labute approximate surface area is 122 Å². The Morgan fingerprint density at radius 3 is 2.14 bits per heavy atom. The predicted octanol–water partition coefficient (Wildman–Crippen LogP) is 1.70. The highest BCUT2D eigenvalue weighted by Crippen LogP contribution is 2.19. The van der Waals surface area contributed by atoms with Gasteiger partial charge in [0.05, 0.1) is 4.90 Å². The molecule has 0 fully saturated rings. The van der Waals surface area contributed by atoms with E-state index in [1.807, 2.05) is 0 Å². The maximum absolute atomic E-state index is 12.9. The Balaban J connectivity index is 2.35. The molecule has 6 heteroatoms. The Morgan fingerprint density at radius 1 is 1.05 bits per heavy atom. The lowest BCUT2D eigenvalue weighted by Crippen LogP contribution is -2.37. The largest absolute Gasteiger partial charge is 0.369 e. The van der Waals surface area contributed by atoms with Crippen LogP contribution in [0, 0.1) is 5.82 Å².